The molecule has 0 aromatic heterocycles. The molecule has 0 aromatic carbocycles. The normalized spacial score (nSPS) is 52.7. The molecule has 7 N–H and O–H groups in total. The van der Waals surface area contributed by atoms with Gasteiger partial charge in [0.2, 0.25) is 0 Å². The number of allylic oxidation sites excluding steroid dienone is 2. The lowest BCUT2D eigenvalue weighted by Crippen LogP contribution is -2.67. The first-order valence-electron chi connectivity index (χ1n) is 20.7. The zero-order chi connectivity index (χ0) is 41.0. The number of carboxylic acids is 1. The van der Waals surface area contributed by atoms with Gasteiger partial charge in [0.1, 0.15) is 36.6 Å². The average Bonchev–Trinajstić information content (AvgIpc) is 3.14. The van der Waals surface area contributed by atoms with Gasteiger partial charge in [0, 0.05) is 5.41 Å². The van der Waals surface area contributed by atoms with E-state index in [1.54, 1.807) is 0 Å². The van der Waals surface area contributed by atoms with Crippen molar-refractivity contribution in [2.75, 3.05) is 20.3 Å². The molecule has 0 unspecified atom stereocenters. The van der Waals surface area contributed by atoms with Crippen LogP contribution in [0.1, 0.15) is 106 Å². The lowest BCUT2D eigenvalue weighted by atomic mass is 9.33. The van der Waals surface area contributed by atoms with Crippen LogP contribution in [0.4, 0.5) is 0 Å². The van der Waals surface area contributed by atoms with Crippen molar-refractivity contribution in [2.45, 2.75) is 167 Å². The number of hydrogen-bond acceptors (Lipinski definition) is 13. The molecular weight excluding hydrogens is 728 g/mol. The van der Waals surface area contributed by atoms with Gasteiger partial charge in [0.25, 0.3) is 0 Å². The third-order valence-corrected chi connectivity index (χ3v) is 17.2. The summed E-state index contributed by atoms with van der Waals surface area (Å²) in [5.41, 5.74) is -0.610. The van der Waals surface area contributed by atoms with Crippen LogP contribution < -0.4 is 0 Å². The Morgan fingerprint density at radius 2 is 1.52 bits per heavy atom. The Balaban J connectivity index is 1.15. The van der Waals surface area contributed by atoms with Crippen LogP contribution in [-0.4, -0.2) is 129 Å². The molecule has 14 heteroatoms. The molecule has 0 aromatic rings. The molecule has 5 aliphatic carbocycles. The molecule has 2 heterocycles. The Morgan fingerprint density at radius 3 is 2.18 bits per heavy atom. The van der Waals surface area contributed by atoms with E-state index in [0.717, 1.165) is 52.1 Å². The molecular formula is C42H66O14. The summed E-state index contributed by atoms with van der Waals surface area (Å²) in [6.45, 7) is 13.1. The van der Waals surface area contributed by atoms with Crippen LogP contribution >= 0.6 is 0 Å². The smallest absolute Gasteiger partial charge is 0.337 e. The zero-order valence-electron chi connectivity index (χ0n) is 34.1. The molecule has 7 rings (SSSR count). The topological polar surface area (TPSA) is 222 Å². The van der Waals surface area contributed by atoms with E-state index in [9.17, 15) is 45.3 Å². The molecule has 318 valence electrons. The van der Waals surface area contributed by atoms with E-state index in [0.29, 0.717) is 19.3 Å². The van der Waals surface area contributed by atoms with Crippen LogP contribution in [0.25, 0.3) is 0 Å². The maximum atomic E-state index is 13.1. The predicted octanol–water partition coefficient (Wildman–Crippen LogP) is 2.67. The number of carbonyl (C=O) groups is 2. The molecule has 0 radical (unpaired) electrons. The summed E-state index contributed by atoms with van der Waals surface area (Å²) in [6, 6.07) is 0. The number of carboxylic acid groups (broad SMARTS) is 1. The van der Waals surface area contributed by atoms with Gasteiger partial charge in [-0.15, -0.1) is 0 Å². The molecule has 18 atom stereocenters. The first-order valence-corrected chi connectivity index (χ1v) is 20.7. The third kappa shape index (κ3) is 6.17. The molecule has 0 spiro atoms. The van der Waals surface area contributed by atoms with Crippen molar-refractivity contribution < 1.29 is 69.0 Å². The summed E-state index contributed by atoms with van der Waals surface area (Å²) in [5.74, 6) is -1.34. The predicted molar refractivity (Wildman–Crippen MR) is 198 cm³/mol. The van der Waals surface area contributed by atoms with Crippen LogP contribution in [0, 0.1) is 50.2 Å². The number of fused-ring (bicyclic) bond motifs is 7. The van der Waals surface area contributed by atoms with Crippen molar-refractivity contribution in [3.63, 3.8) is 0 Å². The van der Waals surface area contributed by atoms with Crippen LogP contribution in [0.15, 0.2) is 11.6 Å². The highest BCUT2D eigenvalue weighted by Crippen LogP contribution is 2.76. The molecule has 4 saturated carbocycles. The standard InChI is InChI=1S/C42H66O14/c1-37(2)14-16-42(36(50)51)17-15-40(5)21(22(42)18-37)8-9-25-38(3)12-11-26(39(4,20-43)24(38)10-13-41(25,40)6)54-35-30(48)31(29(47)32(56-35)33(49)52-7)55-34-28(46)27(45)23(44)19-53-34/h8,22-32,34-35,43-48H,9-20H2,1-7H3,(H,50,51)/t22-,23+,24+,25+,26-,27-,28+,29-,30+,31-,32-,34-,35+,38-,39-,40+,41+,42-/m0/s1. The minimum absolute atomic E-state index is 0.000773. The molecule has 2 aliphatic heterocycles. The van der Waals surface area contributed by atoms with Gasteiger partial charge in [-0.2, -0.15) is 0 Å². The van der Waals surface area contributed by atoms with Crippen LogP contribution in [0.2, 0.25) is 0 Å². The number of ether oxygens (including phenoxy) is 5. The summed E-state index contributed by atoms with van der Waals surface area (Å²) in [4.78, 5) is 25.9. The number of esters is 1. The second-order valence-corrected chi connectivity index (χ2v) is 20.3. The Hall–Kier alpha value is -1.72. The Kier molecular flexibility index (Phi) is 11.0. The highest BCUT2D eigenvalue weighted by atomic mass is 16.7. The van der Waals surface area contributed by atoms with Gasteiger partial charge in [0.05, 0.1) is 31.8 Å². The van der Waals surface area contributed by atoms with Crippen LogP contribution in [0.3, 0.4) is 0 Å². The van der Waals surface area contributed by atoms with E-state index in [1.165, 1.54) is 5.57 Å². The molecule has 7 aliphatic rings. The first-order chi connectivity index (χ1) is 26.1. The molecule has 0 bridgehead atoms. The summed E-state index contributed by atoms with van der Waals surface area (Å²) in [7, 11) is 1.12. The maximum absolute atomic E-state index is 13.1. The molecule has 2 saturated heterocycles. The minimum Gasteiger partial charge on any atom is -0.481 e. The number of hydrogen-bond donors (Lipinski definition) is 7. The number of aliphatic hydroxyl groups is 6. The fourth-order valence-corrected chi connectivity index (χ4v) is 13.5. The Bertz CT molecular complexity index is 1550. The van der Waals surface area contributed by atoms with Gasteiger partial charge in [-0.25, -0.2) is 4.79 Å². The van der Waals surface area contributed by atoms with Crippen molar-refractivity contribution in [1.29, 1.82) is 0 Å². The largest absolute Gasteiger partial charge is 0.481 e. The van der Waals surface area contributed by atoms with Crippen LogP contribution in [-0.2, 0) is 33.3 Å². The second kappa shape index (κ2) is 14.5. The lowest BCUT2D eigenvalue weighted by molar-refractivity contribution is -0.358. The molecule has 0 amide bonds. The van der Waals surface area contributed by atoms with E-state index < -0.39 is 84.2 Å². The van der Waals surface area contributed by atoms with Gasteiger partial charge in [-0.3, -0.25) is 4.79 Å². The Morgan fingerprint density at radius 1 is 0.821 bits per heavy atom. The fraction of sp³-hybridized carbons (Fsp3) is 0.905. The number of aliphatic hydroxyl groups excluding tert-OH is 6. The summed E-state index contributed by atoms with van der Waals surface area (Å²) >= 11 is 0. The zero-order valence-corrected chi connectivity index (χ0v) is 34.1. The van der Waals surface area contributed by atoms with E-state index in [4.69, 9.17) is 23.7 Å². The lowest BCUT2D eigenvalue weighted by Gasteiger charge is -2.71. The quantitative estimate of drug-likeness (QED) is 0.112. The first kappa shape index (κ1) is 42.4. The Labute approximate surface area is 329 Å². The van der Waals surface area contributed by atoms with Crippen LogP contribution in [0.5, 0.6) is 0 Å². The monoisotopic (exact) mass is 794 g/mol. The van der Waals surface area contributed by atoms with Gasteiger partial charge in [-0.05, 0) is 104 Å². The third-order valence-electron chi connectivity index (χ3n) is 17.2. The SMILES string of the molecule is COC(=O)[C@H]1O[C@@H](O[C@H]2CC[C@@]3(C)[C@@H](CC[C@]4(C)[C@@H]3CC=C3[C@@H]5CC(C)(C)CC[C@]5(C(=O)O)CC[C@]34C)[C@]2(C)CO)[C@H](O)[C@@H](O[C@@H]2OC[C@@H](O)[C@H](O)[C@H]2O)[C@@H]1O. The number of methoxy groups -OCH3 is 1. The van der Waals surface area contributed by atoms with Gasteiger partial charge >= 0.3 is 11.9 Å². The van der Waals surface area contributed by atoms with E-state index in [2.05, 4.69) is 40.7 Å². The minimum atomic E-state index is -1.78. The van der Waals surface area contributed by atoms with Crippen molar-refractivity contribution in [2.24, 2.45) is 50.2 Å². The fourth-order valence-electron chi connectivity index (χ4n) is 13.5. The highest BCUT2D eigenvalue weighted by molar-refractivity contribution is 5.77. The summed E-state index contributed by atoms with van der Waals surface area (Å²) in [5, 5.41) is 75.5. The summed E-state index contributed by atoms with van der Waals surface area (Å²) < 4.78 is 28.6. The number of aliphatic carboxylic acids is 1. The van der Waals surface area contributed by atoms with Gasteiger partial charge < -0.3 is 59.4 Å². The van der Waals surface area contributed by atoms with E-state index in [-0.39, 0.29) is 52.6 Å². The molecule has 6 fully saturated rings. The number of carbonyl (C=O) groups excluding carboxylic acids is 1. The van der Waals surface area contributed by atoms with Crippen molar-refractivity contribution >= 4 is 11.9 Å². The number of rotatable bonds is 7. The molecule has 14 nitrogen and oxygen atoms in total. The van der Waals surface area contributed by atoms with Gasteiger partial charge in [0.15, 0.2) is 18.7 Å². The summed E-state index contributed by atoms with van der Waals surface area (Å²) in [6.07, 6.45) is -4.97. The second-order valence-electron chi connectivity index (χ2n) is 20.3. The highest BCUT2D eigenvalue weighted by Gasteiger charge is 2.70. The van der Waals surface area contributed by atoms with E-state index >= 15 is 0 Å². The van der Waals surface area contributed by atoms with Crippen molar-refractivity contribution in [1.82, 2.24) is 0 Å². The van der Waals surface area contributed by atoms with E-state index in [1.807, 2.05) is 6.92 Å². The maximum Gasteiger partial charge on any atom is 0.337 e. The van der Waals surface area contributed by atoms with Gasteiger partial charge in [-0.1, -0.05) is 53.2 Å². The molecule has 56 heavy (non-hydrogen) atoms. The van der Waals surface area contributed by atoms with Crippen molar-refractivity contribution in [3.8, 4) is 0 Å². The van der Waals surface area contributed by atoms with Crippen molar-refractivity contribution in [3.05, 3.63) is 11.6 Å². The average molecular weight is 795 g/mol.